The summed E-state index contributed by atoms with van der Waals surface area (Å²) in [7, 11) is -8.78. The lowest BCUT2D eigenvalue weighted by Crippen LogP contribution is -2.12. The normalized spacial score (nSPS) is 12.1. The monoisotopic (exact) mass is 328 g/mol. The van der Waals surface area contributed by atoms with Crippen LogP contribution in [0.15, 0.2) is 58.3 Å². The van der Waals surface area contributed by atoms with E-state index in [2.05, 4.69) is 0 Å². The van der Waals surface area contributed by atoms with Gasteiger partial charge in [0.1, 0.15) is 9.79 Å². The first kappa shape index (κ1) is 15.5. The van der Waals surface area contributed by atoms with E-state index in [9.17, 15) is 16.8 Å². The summed E-state index contributed by atoms with van der Waals surface area (Å²) >= 11 is 0. The molecule has 2 aromatic carbocycles. The summed E-state index contributed by atoms with van der Waals surface area (Å²) in [6, 6.07) is 11.0. The molecule has 0 atom stereocenters. The Bertz CT molecular complexity index is 855. The van der Waals surface area contributed by atoms with Crippen LogP contribution in [0.2, 0.25) is 0 Å². The second kappa shape index (κ2) is 5.47. The fraction of sp³-hybridized carbons (Fsp3) is 0.0769. The molecule has 0 heterocycles. The van der Waals surface area contributed by atoms with Crippen molar-refractivity contribution in [2.75, 3.05) is 0 Å². The van der Waals surface area contributed by atoms with Gasteiger partial charge in [-0.3, -0.25) is 4.55 Å². The Morgan fingerprint density at radius 2 is 1.57 bits per heavy atom. The van der Waals surface area contributed by atoms with Gasteiger partial charge in [0.2, 0.25) is 0 Å². The van der Waals surface area contributed by atoms with Crippen LogP contribution in [-0.2, 0) is 20.2 Å². The van der Waals surface area contributed by atoms with Crippen LogP contribution in [-0.4, -0.2) is 21.4 Å². The third-order valence-corrected chi connectivity index (χ3v) is 4.75. The van der Waals surface area contributed by atoms with Crippen LogP contribution in [0.4, 0.5) is 0 Å². The van der Waals surface area contributed by atoms with Gasteiger partial charge < -0.3 is 4.18 Å². The molecule has 0 spiro atoms. The summed E-state index contributed by atoms with van der Waals surface area (Å²) in [6.45, 7) is 1.63. The number of hydrogen-bond donors (Lipinski definition) is 1. The van der Waals surface area contributed by atoms with Crippen LogP contribution in [0.5, 0.6) is 5.75 Å². The molecule has 0 saturated heterocycles. The van der Waals surface area contributed by atoms with E-state index < -0.39 is 30.9 Å². The van der Waals surface area contributed by atoms with Gasteiger partial charge in [0.05, 0.1) is 0 Å². The fourth-order valence-electron chi connectivity index (χ4n) is 1.65. The fourth-order valence-corrected chi connectivity index (χ4v) is 3.26. The summed E-state index contributed by atoms with van der Waals surface area (Å²) in [5.74, 6) is -0.443. The zero-order valence-electron chi connectivity index (χ0n) is 10.9. The van der Waals surface area contributed by atoms with E-state index in [1.54, 1.807) is 13.0 Å². The summed E-state index contributed by atoms with van der Waals surface area (Å²) in [5, 5.41) is 0. The van der Waals surface area contributed by atoms with E-state index in [1.807, 2.05) is 0 Å². The Morgan fingerprint density at radius 1 is 0.952 bits per heavy atom. The molecule has 0 fully saturated rings. The van der Waals surface area contributed by atoms with E-state index >= 15 is 0 Å². The maximum atomic E-state index is 12.1. The highest BCUT2D eigenvalue weighted by atomic mass is 32.2. The Morgan fingerprint density at radius 3 is 2.14 bits per heavy atom. The van der Waals surface area contributed by atoms with E-state index in [1.165, 1.54) is 36.4 Å². The van der Waals surface area contributed by atoms with Gasteiger partial charge in [0.15, 0.2) is 5.75 Å². The lowest BCUT2D eigenvalue weighted by Gasteiger charge is -2.10. The van der Waals surface area contributed by atoms with Crippen molar-refractivity contribution in [3.63, 3.8) is 0 Å². The molecule has 0 bridgehead atoms. The average Bonchev–Trinajstić information content (AvgIpc) is 2.38. The molecule has 2 aromatic rings. The molecule has 0 saturated carbocycles. The molecule has 0 aromatic heterocycles. The third-order valence-electron chi connectivity index (χ3n) is 2.61. The number of benzene rings is 2. The van der Waals surface area contributed by atoms with Gasteiger partial charge in [-0.2, -0.15) is 16.8 Å². The third kappa shape index (κ3) is 3.60. The van der Waals surface area contributed by atoms with Gasteiger partial charge in [-0.05, 0) is 36.8 Å². The minimum atomic E-state index is -4.59. The van der Waals surface area contributed by atoms with Gasteiger partial charge >= 0.3 is 10.1 Å². The zero-order chi connectivity index (χ0) is 15.7. The van der Waals surface area contributed by atoms with Crippen molar-refractivity contribution in [2.45, 2.75) is 16.7 Å². The molecule has 0 aliphatic rings. The molecule has 2 rings (SSSR count). The van der Waals surface area contributed by atoms with Crippen LogP contribution >= 0.6 is 0 Å². The molecule has 8 heteroatoms. The van der Waals surface area contributed by atoms with Crippen LogP contribution in [0.25, 0.3) is 0 Å². The topological polar surface area (TPSA) is 97.7 Å². The summed E-state index contributed by atoms with van der Waals surface area (Å²) < 4.78 is 60.7. The summed E-state index contributed by atoms with van der Waals surface area (Å²) in [4.78, 5) is -0.722. The summed E-state index contributed by atoms with van der Waals surface area (Å²) in [6.07, 6.45) is 0. The first-order chi connectivity index (χ1) is 9.70. The van der Waals surface area contributed by atoms with E-state index in [0.717, 1.165) is 6.07 Å². The molecule has 0 unspecified atom stereocenters. The lowest BCUT2D eigenvalue weighted by molar-refractivity contribution is 0.463. The molecule has 0 amide bonds. The van der Waals surface area contributed by atoms with Crippen molar-refractivity contribution >= 4 is 20.2 Å². The maximum Gasteiger partial charge on any atom is 0.339 e. The van der Waals surface area contributed by atoms with E-state index in [0.29, 0.717) is 5.56 Å². The first-order valence-corrected chi connectivity index (χ1v) is 8.63. The average molecular weight is 328 g/mol. The highest BCUT2D eigenvalue weighted by Gasteiger charge is 2.23. The second-order valence-electron chi connectivity index (χ2n) is 4.28. The number of hydrogen-bond acceptors (Lipinski definition) is 5. The van der Waals surface area contributed by atoms with Crippen LogP contribution < -0.4 is 4.18 Å². The quantitative estimate of drug-likeness (QED) is 0.681. The van der Waals surface area contributed by atoms with E-state index in [4.69, 9.17) is 8.74 Å². The van der Waals surface area contributed by atoms with Crippen molar-refractivity contribution in [3.8, 4) is 5.75 Å². The Kier molecular flexibility index (Phi) is 4.04. The van der Waals surface area contributed by atoms with E-state index in [-0.39, 0.29) is 4.90 Å². The minimum Gasteiger partial charge on any atom is -0.377 e. The minimum absolute atomic E-state index is 0.118. The smallest absolute Gasteiger partial charge is 0.339 e. The molecular formula is C13H12O6S2. The Balaban J connectivity index is 2.52. The number of rotatable bonds is 4. The molecule has 0 aliphatic carbocycles. The van der Waals surface area contributed by atoms with Crippen molar-refractivity contribution < 1.29 is 25.6 Å². The molecule has 21 heavy (non-hydrogen) atoms. The van der Waals surface area contributed by atoms with Crippen LogP contribution in [0, 0.1) is 6.92 Å². The van der Waals surface area contributed by atoms with Gasteiger partial charge in [-0.25, -0.2) is 0 Å². The van der Waals surface area contributed by atoms with Crippen molar-refractivity contribution in [3.05, 3.63) is 54.1 Å². The zero-order valence-corrected chi connectivity index (χ0v) is 12.6. The largest absolute Gasteiger partial charge is 0.377 e. The first-order valence-electron chi connectivity index (χ1n) is 5.78. The molecule has 1 N–H and O–H groups in total. The molecule has 6 nitrogen and oxygen atoms in total. The predicted molar refractivity (Wildman–Crippen MR) is 75.2 cm³/mol. The standard InChI is InChI=1S/C13H12O6S2/c1-10-7-8-13(20(14,15)16)12(9-10)19-21(17,18)11-5-3-2-4-6-11/h2-9H,1H3,(H,14,15,16). The van der Waals surface area contributed by atoms with Crippen molar-refractivity contribution in [1.29, 1.82) is 0 Å². The SMILES string of the molecule is Cc1ccc(S(=O)(=O)O)c(OS(=O)(=O)c2ccccc2)c1. The Labute approximate surface area is 122 Å². The Hall–Kier alpha value is -1.90. The molecule has 0 radical (unpaired) electrons. The highest BCUT2D eigenvalue weighted by Crippen LogP contribution is 2.28. The molecular weight excluding hydrogens is 316 g/mol. The van der Waals surface area contributed by atoms with Gasteiger partial charge in [-0.1, -0.05) is 24.3 Å². The van der Waals surface area contributed by atoms with Crippen molar-refractivity contribution in [2.24, 2.45) is 0 Å². The van der Waals surface area contributed by atoms with Crippen molar-refractivity contribution in [1.82, 2.24) is 0 Å². The molecule has 112 valence electrons. The summed E-state index contributed by atoms with van der Waals surface area (Å²) in [5.41, 5.74) is 0.584. The van der Waals surface area contributed by atoms with Gasteiger partial charge in [-0.15, -0.1) is 0 Å². The van der Waals surface area contributed by atoms with Gasteiger partial charge in [0.25, 0.3) is 10.1 Å². The predicted octanol–water partition coefficient (Wildman–Crippen LogP) is 2.01. The lowest BCUT2D eigenvalue weighted by atomic mass is 10.2. The molecule has 0 aliphatic heterocycles. The second-order valence-corrected chi connectivity index (χ2v) is 7.21. The number of aryl methyl sites for hydroxylation is 1. The van der Waals surface area contributed by atoms with Crippen LogP contribution in [0.1, 0.15) is 5.56 Å². The van der Waals surface area contributed by atoms with Crippen LogP contribution in [0.3, 0.4) is 0 Å². The van der Waals surface area contributed by atoms with Gasteiger partial charge in [0, 0.05) is 0 Å². The highest BCUT2D eigenvalue weighted by molar-refractivity contribution is 7.87. The maximum absolute atomic E-state index is 12.1.